The van der Waals surface area contributed by atoms with Crippen LogP contribution in [-0.2, 0) is 6.54 Å². The summed E-state index contributed by atoms with van der Waals surface area (Å²) >= 11 is 0. The minimum atomic E-state index is 0.163. The van der Waals surface area contributed by atoms with Crippen molar-refractivity contribution in [2.75, 3.05) is 20.1 Å². The Morgan fingerprint density at radius 3 is 2.88 bits per heavy atom. The molecule has 2 aliphatic heterocycles. The van der Waals surface area contributed by atoms with Crippen LogP contribution in [0.5, 0.6) is 0 Å². The summed E-state index contributed by atoms with van der Waals surface area (Å²) in [6.07, 6.45) is 5.52. The number of hydrogen-bond acceptors (Lipinski definition) is 4. The Bertz CT molecular complexity index is 687. The zero-order valence-electron chi connectivity index (χ0n) is 14.0. The molecule has 0 radical (unpaired) electrons. The Labute approximate surface area is 142 Å². The van der Waals surface area contributed by atoms with Gasteiger partial charge in [0.1, 0.15) is 12.7 Å². The van der Waals surface area contributed by atoms with E-state index in [0.29, 0.717) is 18.0 Å². The molecule has 0 saturated carbocycles. The highest BCUT2D eigenvalue weighted by Gasteiger charge is 2.42. The number of hydrogen-bond donors (Lipinski definition) is 0. The summed E-state index contributed by atoms with van der Waals surface area (Å²) in [7, 11) is 2.21. The zero-order valence-corrected chi connectivity index (χ0v) is 14.0. The lowest BCUT2D eigenvalue weighted by Gasteiger charge is -2.37. The van der Waals surface area contributed by atoms with Gasteiger partial charge in [-0.15, -0.1) is 0 Å². The monoisotopic (exact) mass is 325 g/mol. The Morgan fingerprint density at radius 1 is 1.29 bits per heavy atom. The minimum Gasteiger partial charge on any atom is -0.338 e. The van der Waals surface area contributed by atoms with E-state index in [4.69, 9.17) is 0 Å². The molecule has 4 rings (SSSR count). The summed E-state index contributed by atoms with van der Waals surface area (Å²) in [5.74, 6) is 0.710. The van der Waals surface area contributed by atoms with Crippen LogP contribution in [0.1, 0.15) is 23.2 Å². The predicted molar refractivity (Wildman–Crippen MR) is 90.4 cm³/mol. The fraction of sp³-hybridized carbons (Fsp3) is 0.500. The predicted octanol–water partition coefficient (Wildman–Crippen LogP) is 1.51. The third kappa shape index (κ3) is 2.82. The lowest BCUT2D eigenvalue weighted by Crippen LogP contribution is -2.47. The SMILES string of the molecule is CN1[C@@H](Cn2cncn2)C[C@H]2CN(C(=O)c3ccccc3)CC[C@H]21. The summed E-state index contributed by atoms with van der Waals surface area (Å²) in [4.78, 5) is 21.2. The van der Waals surface area contributed by atoms with Crippen molar-refractivity contribution in [1.29, 1.82) is 0 Å². The number of benzene rings is 1. The van der Waals surface area contributed by atoms with Gasteiger partial charge in [-0.05, 0) is 37.9 Å². The number of carbonyl (C=O) groups is 1. The van der Waals surface area contributed by atoms with Gasteiger partial charge in [0.15, 0.2) is 0 Å². The second-order valence-electron chi connectivity index (χ2n) is 6.91. The number of amides is 1. The van der Waals surface area contributed by atoms with Crippen LogP contribution in [0.3, 0.4) is 0 Å². The van der Waals surface area contributed by atoms with Gasteiger partial charge in [0.25, 0.3) is 5.91 Å². The van der Waals surface area contributed by atoms with Gasteiger partial charge >= 0.3 is 0 Å². The number of nitrogens with zero attached hydrogens (tertiary/aromatic N) is 5. The van der Waals surface area contributed by atoms with E-state index in [-0.39, 0.29) is 5.91 Å². The molecule has 0 unspecified atom stereocenters. The number of rotatable bonds is 3. The summed E-state index contributed by atoms with van der Waals surface area (Å²) < 4.78 is 1.91. The maximum Gasteiger partial charge on any atom is 0.253 e. The number of fused-ring (bicyclic) bond motifs is 1. The van der Waals surface area contributed by atoms with Crippen LogP contribution in [-0.4, -0.2) is 62.7 Å². The van der Waals surface area contributed by atoms with Gasteiger partial charge in [-0.1, -0.05) is 18.2 Å². The van der Waals surface area contributed by atoms with E-state index in [2.05, 4.69) is 22.0 Å². The van der Waals surface area contributed by atoms with Crippen molar-refractivity contribution in [3.05, 3.63) is 48.5 Å². The molecule has 0 bridgehead atoms. The highest BCUT2D eigenvalue weighted by molar-refractivity contribution is 5.94. The van der Waals surface area contributed by atoms with E-state index < -0.39 is 0 Å². The van der Waals surface area contributed by atoms with Crippen LogP contribution in [0.4, 0.5) is 0 Å². The first-order chi connectivity index (χ1) is 11.7. The Kier molecular flexibility index (Phi) is 4.06. The van der Waals surface area contributed by atoms with Crippen molar-refractivity contribution in [3.63, 3.8) is 0 Å². The average molecular weight is 325 g/mol. The van der Waals surface area contributed by atoms with Crippen LogP contribution in [0, 0.1) is 5.92 Å². The summed E-state index contributed by atoms with van der Waals surface area (Å²) in [5, 5.41) is 4.23. The second kappa shape index (κ2) is 6.36. The number of aromatic nitrogens is 3. The van der Waals surface area contributed by atoms with E-state index >= 15 is 0 Å². The first-order valence-corrected chi connectivity index (χ1v) is 8.61. The number of likely N-dealkylation sites (tertiary alicyclic amines) is 2. The summed E-state index contributed by atoms with van der Waals surface area (Å²) in [6.45, 7) is 2.57. The first-order valence-electron chi connectivity index (χ1n) is 8.61. The van der Waals surface area contributed by atoms with Crippen LogP contribution >= 0.6 is 0 Å². The quantitative estimate of drug-likeness (QED) is 0.858. The standard InChI is InChI=1S/C18H23N5O/c1-21-16(11-23-13-19-12-20-23)9-15-10-22(8-7-17(15)21)18(24)14-5-3-2-4-6-14/h2-6,12-13,15-17H,7-11H2,1H3/t15-,16+,17+/m0/s1. The molecule has 3 atom stereocenters. The fourth-order valence-corrected chi connectivity index (χ4v) is 4.27. The molecule has 3 heterocycles. The molecule has 2 fully saturated rings. The Hall–Kier alpha value is -2.21. The average Bonchev–Trinajstić information content (AvgIpc) is 3.24. The molecule has 2 aromatic rings. The zero-order chi connectivity index (χ0) is 16.5. The molecule has 0 N–H and O–H groups in total. The highest BCUT2D eigenvalue weighted by Crippen LogP contribution is 2.35. The van der Waals surface area contributed by atoms with E-state index in [9.17, 15) is 4.79 Å². The normalized spacial score (nSPS) is 27.2. The fourth-order valence-electron chi connectivity index (χ4n) is 4.27. The molecule has 1 aromatic heterocycles. The van der Waals surface area contributed by atoms with Crippen molar-refractivity contribution >= 4 is 5.91 Å². The Morgan fingerprint density at radius 2 is 2.12 bits per heavy atom. The molecule has 2 saturated heterocycles. The van der Waals surface area contributed by atoms with E-state index in [1.54, 1.807) is 12.7 Å². The van der Waals surface area contributed by atoms with Gasteiger partial charge in [0.05, 0.1) is 6.54 Å². The van der Waals surface area contributed by atoms with Gasteiger partial charge in [0.2, 0.25) is 0 Å². The molecular weight excluding hydrogens is 302 g/mol. The molecule has 126 valence electrons. The largest absolute Gasteiger partial charge is 0.338 e. The number of piperidine rings is 1. The van der Waals surface area contributed by atoms with Gasteiger partial charge < -0.3 is 4.90 Å². The first kappa shape index (κ1) is 15.3. The maximum atomic E-state index is 12.7. The molecule has 24 heavy (non-hydrogen) atoms. The third-order valence-electron chi connectivity index (χ3n) is 5.54. The van der Waals surface area contributed by atoms with Crippen LogP contribution < -0.4 is 0 Å². The molecular formula is C18H23N5O. The maximum absolute atomic E-state index is 12.7. The molecule has 0 aliphatic carbocycles. The van der Waals surface area contributed by atoms with Crippen molar-refractivity contribution in [2.45, 2.75) is 31.5 Å². The summed E-state index contributed by atoms with van der Waals surface area (Å²) in [5.41, 5.74) is 0.793. The molecule has 1 amide bonds. The molecule has 6 nitrogen and oxygen atoms in total. The third-order valence-corrected chi connectivity index (χ3v) is 5.54. The number of carbonyl (C=O) groups excluding carboxylic acids is 1. The molecule has 0 spiro atoms. The lowest BCUT2D eigenvalue weighted by molar-refractivity contribution is 0.0607. The van der Waals surface area contributed by atoms with Gasteiger partial charge in [-0.3, -0.25) is 14.4 Å². The van der Waals surface area contributed by atoms with E-state index in [0.717, 1.165) is 38.0 Å². The van der Waals surface area contributed by atoms with Crippen LogP contribution in [0.2, 0.25) is 0 Å². The van der Waals surface area contributed by atoms with E-state index in [1.165, 1.54) is 0 Å². The van der Waals surface area contributed by atoms with Crippen molar-refractivity contribution < 1.29 is 4.79 Å². The second-order valence-corrected chi connectivity index (χ2v) is 6.91. The van der Waals surface area contributed by atoms with Gasteiger partial charge in [-0.25, -0.2) is 4.98 Å². The highest BCUT2D eigenvalue weighted by atomic mass is 16.2. The van der Waals surface area contributed by atoms with Crippen molar-refractivity contribution in [3.8, 4) is 0 Å². The van der Waals surface area contributed by atoms with E-state index in [1.807, 2.05) is 39.9 Å². The molecule has 2 aliphatic rings. The molecule has 6 heteroatoms. The minimum absolute atomic E-state index is 0.163. The van der Waals surface area contributed by atoms with Gasteiger partial charge in [0, 0.05) is 30.7 Å². The summed E-state index contributed by atoms with van der Waals surface area (Å²) in [6, 6.07) is 10.6. The molecule has 1 aromatic carbocycles. The lowest BCUT2D eigenvalue weighted by atomic mass is 9.91. The Balaban J connectivity index is 1.43. The smallest absolute Gasteiger partial charge is 0.253 e. The van der Waals surface area contributed by atoms with Crippen LogP contribution in [0.15, 0.2) is 43.0 Å². The van der Waals surface area contributed by atoms with Gasteiger partial charge in [-0.2, -0.15) is 5.10 Å². The number of likely N-dealkylation sites (N-methyl/N-ethyl adjacent to an activating group) is 1. The van der Waals surface area contributed by atoms with Crippen molar-refractivity contribution in [1.82, 2.24) is 24.6 Å². The van der Waals surface area contributed by atoms with Crippen molar-refractivity contribution in [2.24, 2.45) is 5.92 Å². The topological polar surface area (TPSA) is 54.3 Å². The van der Waals surface area contributed by atoms with Crippen LogP contribution in [0.25, 0.3) is 0 Å².